The van der Waals surface area contributed by atoms with Gasteiger partial charge in [-0.15, -0.1) is 0 Å². The molecule has 21 heavy (non-hydrogen) atoms. The van der Waals surface area contributed by atoms with Crippen LogP contribution in [0, 0.1) is 11.8 Å². The zero-order valence-electron chi connectivity index (χ0n) is 13.4. The highest BCUT2D eigenvalue weighted by molar-refractivity contribution is 4.95. The molecule has 1 saturated carbocycles. The van der Waals surface area contributed by atoms with Crippen LogP contribution in [0.4, 0.5) is 0 Å². The molecular formula is C16H29N3O2. The normalized spacial score (nSPS) is 19.6. The second kappa shape index (κ2) is 8.49. The van der Waals surface area contributed by atoms with Gasteiger partial charge in [0.15, 0.2) is 0 Å². The average molecular weight is 295 g/mol. The molecule has 5 heteroatoms. The highest BCUT2D eigenvalue weighted by Gasteiger charge is 2.28. The molecule has 2 atom stereocenters. The van der Waals surface area contributed by atoms with E-state index in [9.17, 15) is 0 Å². The van der Waals surface area contributed by atoms with Gasteiger partial charge in [0.25, 0.3) is 0 Å². The van der Waals surface area contributed by atoms with E-state index in [1.165, 1.54) is 32.1 Å². The third kappa shape index (κ3) is 4.78. The van der Waals surface area contributed by atoms with Gasteiger partial charge >= 0.3 is 0 Å². The van der Waals surface area contributed by atoms with Crippen molar-refractivity contribution in [3.05, 3.63) is 11.7 Å². The Hall–Kier alpha value is -0.940. The number of hydrogen-bond donors (Lipinski definition) is 1. The monoisotopic (exact) mass is 295 g/mol. The number of hydrogen-bond acceptors (Lipinski definition) is 5. The first kappa shape index (κ1) is 16.4. The van der Waals surface area contributed by atoms with Crippen LogP contribution in [0.15, 0.2) is 4.52 Å². The number of nitrogens with two attached hydrogens (primary N) is 1. The summed E-state index contributed by atoms with van der Waals surface area (Å²) in [6.45, 7) is 2.95. The molecule has 0 aliphatic heterocycles. The number of aromatic nitrogens is 2. The third-order valence-corrected chi connectivity index (χ3v) is 4.58. The number of rotatable bonds is 8. The zero-order valence-corrected chi connectivity index (χ0v) is 13.4. The van der Waals surface area contributed by atoms with Crippen LogP contribution in [0.1, 0.15) is 69.7 Å². The summed E-state index contributed by atoms with van der Waals surface area (Å²) in [7, 11) is 1.75. The first-order chi connectivity index (χ1) is 10.2. The SMILES string of the molecule is COC(c1noc(CCC(C)CCN)n1)C1CCCCC1. The maximum absolute atomic E-state index is 5.65. The molecule has 1 aliphatic rings. The van der Waals surface area contributed by atoms with Gasteiger partial charge < -0.3 is 15.0 Å². The number of nitrogens with zero attached hydrogens (tertiary/aromatic N) is 2. The van der Waals surface area contributed by atoms with Crippen molar-refractivity contribution in [2.24, 2.45) is 17.6 Å². The molecule has 1 aromatic rings. The summed E-state index contributed by atoms with van der Waals surface area (Å²) in [5.74, 6) is 2.59. The van der Waals surface area contributed by atoms with Crippen molar-refractivity contribution < 1.29 is 9.26 Å². The molecule has 120 valence electrons. The second-order valence-electron chi connectivity index (χ2n) is 6.32. The molecule has 0 bridgehead atoms. The molecule has 2 rings (SSSR count). The Balaban J connectivity index is 1.90. The summed E-state index contributed by atoms with van der Waals surface area (Å²) < 4.78 is 11.0. The van der Waals surface area contributed by atoms with Gasteiger partial charge in [-0.1, -0.05) is 31.3 Å². The molecule has 0 aromatic carbocycles. The van der Waals surface area contributed by atoms with E-state index in [-0.39, 0.29) is 6.10 Å². The van der Waals surface area contributed by atoms with Gasteiger partial charge in [-0.05, 0) is 44.1 Å². The lowest BCUT2D eigenvalue weighted by molar-refractivity contribution is 0.0273. The fraction of sp³-hybridized carbons (Fsp3) is 0.875. The van der Waals surface area contributed by atoms with E-state index in [0.717, 1.165) is 37.5 Å². The summed E-state index contributed by atoms with van der Waals surface area (Å²) in [6, 6.07) is 0. The van der Waals surface area contributed by atoms with Gasteiger partial charge in [0.05, 0.1) is 0 Å². The molecule has 1 aliphatic carbocycles. The first-order valence-electron chi connectivity index (χ1n) is 8.30. The molecule has 1 heterocycles. The quantitative estimate of drug-likeness (QED) is 0.796. The minimum absolute atomic E-state index is 0.00994. The Morgan fingerprint density at radius 1 is 1.29 bits per heavy atom. The summed E-state index contributed by atoms with van der Waals surface area (Å²) in [5.41, 5.74) is 5.57. The standard InChI is InChI=1S/C16H29N3O2/c1-12(10-11-17)8-9-14-18-16(19-21-14)15(20-2)13-6-4-3-5-7-13/h12-13,15H,3-11,17H2,1-2H3. The Labute approximate surface area is 127 Å². The lowest BCUT2D eigenvalue weighted by atomic mass is 9.85. The fourth-order valence-electron chi connectivity index (χ4n) is 3.23. The lowest BCUT2D eigenvalue weighted by Gasteiger charge is -2.26. The van der Waals surface area contributed by atoms with Crippen molar-refractivity contribution in [3.63, 3.8) is 0 Å². The van der Waals surface area contributed by atoms with Crippen LogP contribution >= 0.6 is 0 Å². The predicted molar refractivity (Wildman–Crippen MR) is 81.8 cm³/mol. The molecule has 5 nitrogen and oxygen atoms in total. The van der Waals surface area contributed by atoms with Crippen molar-refractivity contribution in [2.45, 2.75) is 64.4 Å². The van der Waals surface area contributed by atoms with Crippen molar-refractivity contribution >= 4 is 0 Å². The molecule has 0 spiro atoms. The van der Waals surface area contributed by atoms with E-state index in [2.05, 4.69) is 17.1 Å². The van der Waals surface area contributed by atoms with Gasteiger partial charge in [-0.3, -0.25) is 0 Å². The Kier molecular flexibility index (Phi) is 6.64. The second-order valence-corrected chi connectivity index (χ2v) is 6.32. The van der Waals surface area contributed by atoms with Crippen LogP contribution in [0.2, 0.25) is 0 Å². The summed E-state index contributed by atoms with van der Waals surface area (Å²) in [5, 5.41) is 4.15. The van der Waals surface area contributed by atoms with Gasteiger partial charge in [0, 0.05) is 13.5 Å². The van der Waals surface area contributed by atoms with Crippen molar-refractivity contribution in [2.75, 3.05) is 13.7 Å². The minimum atomic E-state index is -0.00994. The van der Waals surface area contributed by atoms with E-state index in [1.807, 2.05) is 0 Å². The van der Waals surface area contributed by atoms with E-state index in [4.69, 9.17) is 15.0 Å². The third-order valence-electron chi connectivity index (χ3n) is 4.58. The number of aryl methyl sites for hydroxylation is 1. The van der Waals surface area contributed by atoms with Crippen molar-refractivity contribution in [1.29, 1.82) is 0 Å². The van der Waals surface area contributed by atoms with Crippen LogP contribution in [0.25, 0.3) is 0 Å². The number of ether oxygens (including phenoxy) is 1. The van der Waals surface area contributed by atoms with Crippen molar-refractivity contribution in [3.8, 4) is 0 Å². The first-order valence-corrected chi connectivity index (χ1v) is 8.30. The average Bonchev–Trinajstić information content (AvgIpc) is 2.96. The van der Waals surface area contributed by atoms with Crippen LogP contribution in [-0.2, 0) is 11.2 Å². The molecule has 0 saturated heterocycles. The minimum Gasteiger partial charge on any atom is -0.373 e. The van der Waals surface area contributed by atoms with E-state index in [1.54, 1.807) is 7.11 Å². The van der Waals surface area contributed by atoms with Crippen LogP contribution in [0.3, 0.4) is 0 Å². The van der Waals surface area contributed by atoms with E-state index in [0.29, 0.717) is 11.8 Å². The highest BCUT2D eigenvalue weighted by Crippen LogP contribution is 2.35. The van der Waals surface area contributed by atoms with Crippen LogP contribution < -0.4 is 5.73 Å². The molecule has 1 fully saturated rings. The highest BCUT2D eigenvalue weighted by atomic mass is 16.5. The summed E-state index contributed by atoms with van der Waals surface area (Å²) in [6.07, 6.45) is 9.22. The summed E-state index contributed by atoms with van der Waals surface area (Å²) in [4.78, 5) is 4.55. The topological polar surface area (TPSA) is 74.2 Å². The lowest BCUT2D eigenvalue weighted by Crippen LogP contribution is -2.19. The Bertz CT molecular complexity index is 402. The largest absolute Gasteiger partial charge is 0.373 e. The maximum Gasteiger partial charge on any atom is 0.226 e. The maximum atomic E-state index is 5.65. The predicted octanol–water partition coefficient (Wildman–Crippen LogP) is 3.25. The smallest absolute Gasteiger partial charge is 0.226 e. The van der Waals surface area contributed by atoms with Gasteiger partial charge in [-0.2, -0.15) is 4.98 Å². The van der Waals surface area contributed by atoms with Crippen molar-refractivity contribution in [1.82, 2.24) is 10.1 Å². The van der Waals surface area contributed by atoms with Gasteiger partial charge in [0.1, 0.15) is 6.10 Å². The molecule has 2 unspecified atom stereocenters. The zero-order chi connectivity index (χ0) is 15.1. The number of methoxy groups -OCH3 is 1. The molecule has 0 radical (unpaired) electrons. The molecule has 1 aromatic heterocycles. The Morgan fingerprint density at radius 2 is 2.05 bits per heavy atom. The van der Waals surface area contributed by atoms with Crippen LogP contribution in [-0.4, -0.2) is 23.8 Å². The molecule has 0 amide bonds. The molecule has 2 N–H and O–H groups in total. The van der Waals surface area contributed by atoms with Gasteiger partial charge in [-0.25, -0.2) is 0 Å². The van der Waals surface area contributed by atoms with E-state index >= 15 is 0 Å². The van der Waals surface area contributed by atoms with Crippen LogP contribution in [0.5, 0.6) is 0 Å². The summed E-state index contributed by atoms with van der Waals surface area (Å²) >= 11 is 0. The van der Waals surface area contributed by atoms with Gasteiger partial charge in [0.2, 0.25) is 11.7 Å². The van der Waals surface area contributed by atoms with E-state index < -0.39 is 0 Å². The Morgan fingerprint density at radius 3 is 2.71 bits per heavy atom. The molecular weight excluding hydrogens is 266 g/mol. The fourth-order valence-corrected chi connectivity index (χ4v) is 3.23.